The van der Waals surface area contributed by atoms with E-state index in [4.69, 9.17) is 9.72 Å². The molecule has 0 radical (unpaired) electrons. The Morgan fingerprint density at radius 2 is 1.87 bits per heavy atom. The Morgan fingerprint density at radius 3 is 2.63 bits per heavy atom. The van der Waals surface area contributed by atoms with Crippen LogP contribution in [-0.4, -0.2) is 41.0 Å². The zero-order chi connectivity index (χ0) is 21.1. The van der Waals surface area contributed by atoms with Crippen molar-refractivity contribution in [1.82, 2.24) is 9.88 Å². The highest BCUT2D eigenvalue weighted by atomic mass is 16.5. The fraction of sp³-hybridized carbons (Fsp3) is 0.292. The minimum Gasteiger partial charge on any atom is -0.449 e. The van der Waals surface area contributed by atoms with E-state index < -0.39 is 12.1 Å². The third kappa shape index (κ3) is 4.04. The Morgan fingerprint density at radius 1 is 1.13 bits per heavy atom. The molecule has 1 aliphatic rings. The minimum atomic E-state index is -0.925. The molecule has 0 saturated carbocycles. The molecule has 154 valence electrons. The normalized spacial score (nSPS) is 14.7. The van der Waals surface area contributed by atoms with Gasteiger partial charge in [-0.25, -0.2) is 4.79 Å². The molecule has 2 aromatic carbocycles. The number of carbonyl (C=O) groups excluding carboxylic acids is 2. The average Bonchev–Trinajstić information content (AvgIpc) is 2.77. The van der Waals surface area contributed by atoms with Crippen LogP contribution < -0.4 is 5.32 Å². The molecule has 1 aromatic heterocycles. The first-order valence-corrected chi connectivity index (χ1v) is 10.3. The van der Waals surface area contributed by atoms with Gasteiger partial charge in [0.1, 0.15) is 0 Å². The van der Waals surface area contributed by atoms with Gasteiger partial charge in [-0.05, 0) is 31.7 Å². The number of pyridine rings is 1. The second-order valence-corrected chi connectivity index (χ2v) is 7.45. The van der Waals surface area contributed by atoms with Crippen molar-refractivity contribution in [2.24, 2.45) is 0 Å². The number of likely N-dealkylation sites (N-methyl/N-ethyl adjacent to an activating group) is 1. The fourth-order valence-electron chi connectivity index (χ4n) is 3.79. The van der Waals surface area contributed by atoms with Gasteiger partial charge in [0.2, 0.25) is 0 Å². The first-order valence-electron chi connectivity index (χ1n) is 10.3. The Labute approximate surface area is 175 Å². The number of esters is 1. The van der Waals surface area contributed by atoms with E-state index in [0.29, 0.717) is 17.8 Å². The van der Waals surface area contributed by atoms with Crippen LogP contribution in [0.5, 0.6) is 0 Å². The quantitative estimate of drug-likeness (QED) is 0.656. The van der Waals surface area contributed by atoms with Gasteiger partial charge in [-0.2, -0.15) is 0 Å². The maximum absolute atomic E-state index is 13.2. The van der Waals surface area contributed by atoms with E-state index in [0.717, 1.165) is 41.7 Å². The molecule has 3 aromatic rings. The molecule has 6 nitrogen and oxygen atoms in total. The van der Waals surface area contributed by atoms with E-state index >= 15 is 0 Å². The lowest BCUT2D eigenvalue weighted by Gasteiger charge is -2.29. The number of fused-ring (bicyclic) bond motifs is 2. The third-order valence-corrected chi connectivity index (χ3v) is 5.47. The lowest BCUT2D eigenvalue weighted by molar-refractivity contribution is -0.123. The standard InChI is InChI=1S/C24H25N3O3/c1-3-27-14-13-21-19(15-27)22(18-11-7-8-12-20(18)26-21)24(29)30-16(2)23(28)25-17-9-5-4-6-10-17/h4-12,16H,3,13-15H2,1-2H3,(H,25,28). The first kappa shape index (κ1) is 20.0. The molecule has 0 spiro atoms. The number of nitrogens with one attached hydrogen (secondary N) is 1. The summed E-state index contributed by atoms with van der Waals surface area (Å²) in [6, 6.07) is 16.7. The van der Waals surface area contributed by atoms with Crippen LogP contribution in [-0.2, 0) is 22.5 Å². The lowest BCUT2D eigenvalue weighted by atomic mass is 9.95. The lowest BCUT2D eigenvalue weighted by Crippen LogP contribution is -2.34. The minimum absolute atomic E-state index is 0.364. The highest BCUT2D eigenvalue weighted by molar-refractivity contribution is 6.06. The molecule has 1 N–H and O–H groups in total. The van der Waals surface area contributed by atoms with E-state index in [1.807, 2.05) is 42.5 Å². The molecule has 6 heteroatoms. The monoisotopic (exact) mass is 403 g/mol. The number of rotatable bonds is 5. The van der Waals surface area contributed by atoms with E-state index in [1.165, 1.54) is 0 Å². The predicted octanol–water partition coefficient (Wildman–Crippen LogP) is 3.80. The second-order valence-electron chi connectivity index (χ2n) is 7.45. The zero-order valence-electron chi connectivity index (χ0n) is 17.2. The summed E-state index contributed by atoms with van der Waals surface area (Å²) in [6.07, 6.45) is -0.135. The molecular weight excluding hydrogens is 378 g/mol. The van der Waals surface area contributed by atoms with Crippen molar-refractivity contribution in [3.8, 4) is 0 Å². The van der Waals surface area contributed by atoms with Crippen molar-refractivity contribution in [3.63, 3.8) is 0 Å². The average molecular weight is 403 g/mol. The van der Waals surface area contributed by atoms with Gasteiger partial charge in [-0.15, -0.1) is 0 Å². The molecule has 0 aliphatic carbocycles. The Bertz CT molecular complexity index is 1080. The molecule has 1 amide bonds. The van der Waals surface area contributed by atoms with Crippen molar-refractivity contribution in [3.05, 3.63) is 71.4 Å². The highest BCUT2D eigenvalue weighted by Crippen LogP contribution is 2.29. The van der Waals surface area contributed by atoms with Gasteiger partial charge >= 0.3 is 5.97 Å². The molecule has 1 unspecified atom stereocenters. The molecule has 0 fully saturated rings. The maximum Gasteiger partial charge on any atom is 0.339 e. The second kappa shape index (κ2) is 8.63. The molecular formula is C24H25N3O3. The summed E-state index contributed by atoms with van der Waals surface area (Å²) in [4.78, 5) is 32.8. The number of ether oxygens (including phenoxy) is 1. The van der Waals surface area contributed by atoms with Crippen LogP contribution >= 0.6 is 0 Å². The smallest absolute Gasteiger partial charge is 0.339 e. The summed E-state index contributed by atoms with van der Waals surface area (Å²) < 4.78 is 5.62. The molecule has 1 aliphatic heterocycles. The predicted molar refractivity (Wildman–Crippen MR) is 116 cm³/mol. The van der Waals surface area contributed by atoms with E-state index in [2.05, 4.69) is 17.1 Å². The molecule has 1 atom stereocenters. The van der Waals surface area contributed by atoms with Gasteiger partial charge in [0.15, 0.2) is 6.10 Å². The van der Waals surface area contributed by atoms with Crippen LogP contribution in [0.25, 0.3) is 10.9 Å². The third-order valence-electron chi connectivity index (χ3n) is 5.47. The van der Waals surface area contributed by atoms with Crippen molar-refractivity contribution in [2.45, 2.75) is 32.9 Å². The summed E-state index contributed by atoms with van der Waals surface area (Å²) in [5.74, 6) is -0.851. The highest BCUT2D eigenvalue weighted by Gasteiger charge is 2.28. The van der Waals surface area contributed by atoms with Crippen molar-refractivity contribution in [1.29, 1.82) is 0 Å². The van der Waals surface area contributed by atoms with Crippen molar-refractivity contribution >= 4 is 28.5 Å². The van der Waals surface area contributed by atoms with Gasteiger partial charge in [0, 0.05) is 41.8 Å². The van der Waals surface area contributed by atoms with Crippen LogP contribution in [0.1, 0.15) is 35.5 Å². The number of anilines is 1. The van der Waals surface area contributed by atoms with Crippen molar-refractivity contribution < 1.29 is 14.3 Å². The molecule has 4 rings (SSSR count). The van der Waals surface area contributed by atoms with Gasteiger partial charge in [0.05, 0.1) is 11.1 Å². The van der Waals surface area contributed by atoms with E-state index in [9.17, 15) is 9.59 Å². The number of nitrogens with zero attached hydrogens (tertiary/aromatic N) is 2. The van der Waals surface area contributed by atoms with Gasteiger partial charge < -0.3 is 10.1 Å². The fourth-order valence-corrected chi connectivity index (χ4v) is 3.79. The molecule has 2 heterocycles. The topological polar surface area (TPSA) is 71.5 Å². The SMILES string of the molecule is CCN1CCc2nc3ccccc3c(C(=O)OC(C)C(=O)Nc3ccccc3)c2C1. The number of hydrogen-bond acceptors (Lipinski definition) is 5. The van der Waals surface area contributed by atoms with Gasteiger partial charge in [0.25, 0.3) is 5.91 Å². The number of hydrogen-bond donors (Lipinski definition) is 1. The zero-order valence-corrected chi connectivity index (χ0v) is 17.2. The van der Waals surface area contributed by atoms with Gasteiger partial charge in [-0.1, -0.05) is 43.3 Å². The Hall–Kier alpha value is -3.25. The molecule has 30 heavy (non-hydrogen) atoms. The largest absolute Gasteiger partial charge is 0.449 e. The maximum atomic E-state index is 13.2. The van der Waals surface area contributed by atoms with Crippen molar-refractivity contribution in [2.75, 3.05) is 18.4 Å². The van der Waals surface area contributed by atoms with E-state index in [1.54, 1.807) is 19.1 Å². The van der Waals surface area contributed by atoms with Crippen LogP contribution in [0.15, 0.2) is 54.6 Å². The molecule has 0 saturated heterocycles. The number of para-hydroxylation sites is 2. The summed E-state index contributed by atoms with van der Waals surface area (Å²) in [5.41, 5.74) is 3.80. The summed E-state index contributed by atoms with van der Waals surface area (Å²) >= 11 is 0. The Kier molecular flexibility index (Phi) is 5.77. The number of aromatic nitrogens is 1. The first-order chi connectivity index (χ1) is 14.6. The summed E-state index contributed by atoms with van der Waals surface area (Å²) in [6.45, 7) is 6.16. The summed E-state index contributed by atoms with van der Waals surface area (Å²) in [7, 11) is 0. The van der Waals surface area contributed by atoms with Gasteiger partial charge in [-0.3, -0.25) is 14.7 Å². The van der Waals surface area contributed by atoms with Crippen LogP contribution in [0.2, 0.25) is 0 Å². The Balaban J connectivity index is 1.63. The molecule has 0 bridgehead atoms. The van der Waals surface area contributed by atoms with Crippen LogP contribution in [0.4, 0.5) is 5.69 Å². The number of carbonyl (C=O) groups is 2. The summed E-state index contributed by atoms with van der Waals surface area (Å²) in [5, 5.41) is 3.54. The number of benzene rings is 2. The number of amides is 1. The van der Waals surface area contributed by atoms with Crippen LogP contribution in [0.3, 0.4) is 0 Å². The van der Waals surface area contributed by atoms with Crippen LogP contribution in [0, 0.1) is 0 Å². The van der Waals surface area contributed by atoms with E-state index in [-0.39, 0.29) is 5.91 Å².